The molecule has 0 fully saturated rings. The average Bonchev–Trinajstić information content (AvgIpc) is 3.77. The molecule has 1 atom stereocenters. The van der Waals surface area contributed by atoms with Crippen LogP contribution in [0.4, 0.5) is 0 Å². The van der Waals surface area contributed by atoms with Gasteiger partial charge in [-0.1, -0.05) is 133 Å². The minimum atomic E-state index is 0.0594. The highest BCUT2D eigenvalue weighted by molar-refractivity contribution is 6.15. The maximum absolute atomic E-state index is 6.67. The molecule has 0 aliphatic heterocycles. The van der Waals surface area contributed by atoms with E-state index in [4.69, 9.17) is 23.8 Å². The Morgan fingerprint density at radius 3 is 2.06 bits per heavy atom. The molecule has 5 nitrogen and oxygen atoms in total. The van der Waals surface area contributed by atoms with E-state index in [0.29, 0.717) is 11.6 Å². The van der Waals surface area contributed by atoms with E-state index in [2.05, 4.69) is 121 Å². The van der Waals surface area contributed by atoms with Crippen molar-refractivity contribution in [3.05, 3.63) is 164 Å². The zero-order chi connectivity index (χ0) is 33.0. The van der Waals surface area contributed by atoms with E-state index < -0.39 is 0 Å². The summed E-state index contributed by atoms with van der Waals surface area (Å²) >= 11 is 0. The Labute approximate surface area is 287 Å². The van der Waals surface area contributed by atoms with Crippen molar-refractivity contribution < 1.29 is 8.83 Å². The number of benzene rings is 6. The van der Waals surface area contributed by atoms with Crippen LogP contribution in [0.5, 0.6) is 0 Å². The second kappa shape index (κ2) is 11.5. The molecule has 5 heteroatoms. The van der Waals surface area contributed by atoms with Gasteiger partial charge in [0.25, 0.3) is 0 Å². The second-order valence-electron chi connectivity index (χ2n) is 12.7. The largest absolute Gasteiger partial charge is 0.456 e. The van der Waals surface area contributed by atoms with Gasteiger partial charge in [0.05, 0.1) is 0 Å². The van der Waals surface area contributed by atoms with Gasteiger partial charge in [-0.25, -0.2) is 15.0 Å². The van der Waals surface area contributed by atoms with Gasteiger partial charge in [-0.15, -0.1) is 0 Å². The van der Waals surface area contributed by atoms with Crippen molar-refractivity contribution in [2.45, 2.75) is 12.3 Å². The number of hydrogen-bond donors (Lipinski definition) is 0. The fraction of sp³-hybridized carbons (Fsp3) is 0.0444. The van der Waals surface area contributed by atoms with Crippen LogP contribution in [0.2, 0.25) is 0 Å². The standard InChI is InChI=1S/C45H29N3O2/c1-3-11-28(12-4-1)29-21-23-31(24-22-29)44-46-43(30-13-5-2-6-14-30)47-45(48-44)37-18-10-20-39-41(37)36-17-9-16-33(42(36)50-39)32-25-26-35-34-15-7-8-19-38(34)49-40(35)27-32/h1-13,15-27,30H,14H2. The molecule has 236 valence electrons. The van der Waals surface area contributed by atoms with Crippen LogP contribution in [0.25, 0.3) is 88.9 Å². The highest BCUT2D eigenvalue weighted by atomic mass is 16.3. The Balaban J connectivity index is 1.13. The lowest BCUT2D eigenvalue weighted by molar-refractivity contribution is 0.668. The van der Waals surface area contributed by atoms with Gasteiger partial charge in [0.15, 0.2) is 11.6 Å². The van der Waals surface area contributed by atoms with Gasteiger partial charge in [0.1, 0.15) is 28.2 Å². The van der Waals surface area contributed by atoms with E-state index in [1.54, 1.807) is 0 Å². The minimum Gasteiger partial charge on any atom is -0.456 e. The van der Waals surface area contributed by atoms with Gasteiger partial charge in [-0.3, -0.25) is 0 Å². The molecule has 1 aliphatic carbocycles. The van der Waals surface area contributed by atoms with Crippen LogP contribution in [-0.4, -0.2) is 15.0 Å². The molecule has 0 saturated heterocycles. The molecule has 0 radical (unpaired) electrons. The summed E-state index contributed by atoms with van der Waals surface area (Å²) in [4.78, 5) is 15.3. The maximum Gasteiger partial charge on any atom is 0.164 e. The van der Waals surface area contributed by atoms with Crippen molar-refractivity contribution in [1.82, 2.24) is 15.0 Å². The molecule has 0 spiro atoms. The van der Waals surface area contributed by atoms with Gasteiger partial charge >= 0.3 is 0 Å². The zero-order valence-electron chi connectivity index (χ0n) is 27.0. The topological polar surface area (TPSA) is 65.0 Å². The molecule has 10 rings (SSSR count). The highest BCUT2D eigenvalue weighted by Gasteiger charge is 2.21. The molecule has 0 saturated carbocycles. The first kappa shape index (κ1) is 28.4. The Morgan fingerprint density at radius 1 is 0.480 bits per heavy atom. The van der Waals surface area contributed by atoms with Crippen molar-refractivity contribution in [2.24, 2.45) is 0 Å². The molecular weight excluding hydrogens is 615 g/mol. The number of fused-ring (bicyclic) bond motifs is 6. The van der Waals surface area contributed by atoms with E-state index in [-0.39, 0.29) is 5.92 Å². The lowest BCUT2D eigenvalue weighted by Gasteiger charge is -2.15. The van der Waals surface area contributed by atoms with E-state index in [0.717, 1.165) is 83.9 Å². The van der Waals surface area contributed by atoms with E-state index >= 15 is 0 Å². The van der Waals surface area contributed by atoms with Crippen molar-refractivity contribution in [1.29, 1.82) is 0 Å². The summed E-state index contributed by atoms with van der Waals surface area (Å²) in [6.45, 7) is 0. The number of allylic oxidation sites excluding steroid dienone is 4. The maximum atomic E-state index is 6.67. The van der Waals surface area contributed by atoms with Gasteiger partial charge < -0.3 is 8.83 Å². The predicted octanol–water partition coefficient (Wildman–Crippen LogP) is 11.9. The summed E-state index contributed by atoms with van der Waals surface area (Å²) < 4.78 is 12.9. The summed E-state index contributed by atoms with van der Waals surface area (Å²) in [6, 6.07) is 45.8. The monoisotopic (exact) mass is 643 g/mol. The summed E-state index contributed by atoms with van der Waals surface area (Å²) in [6.07, 6.45) is 9.31. The fourth-order valence-electron chi connectivity index (χ4n) is 7.18. The highest BCUT2D eigenvalue weighted by Crippen LogP contribution is 2.41. The van der Waals surface area contributed by atoms with Gasteiger partial charge in [-0.05, 0) is 47.4 Å². The van der Waals surface area contributed by atoms with Gasteiger partial charge in [0.2, 0.25) is 0 Å². The SMILES string of the molecule is C1=CCC(c2nc(-c3ccc(-c4ccccc4)cc3)nc(-c3cccc4oc5c(-c6ccc7c(c6)oc6ccccc67)cccc5c34)n2)C=C1. The van der Waals surface area contributed by atoms with Crippen LogP contribution in [0.15, 0.2) is 167 Å². The molecule has 1 unspecified atom stereocenters. The Morgan fingerprint density at radius 2 is 1.18 bits per heavy atom. The molecule has 3 aromatic heterocycles. The van der Waals surface area contributed by atoms with Gasteiger partial charge in [-0.2, -0.15) is 0 Å². The number of aromatic nitrogens is 3. The van der Waals surface area contributed by atoms with Crippen molar-refractivity contribution in [3.63, 3.8) is 0 Å². The lowest BCUT2D eigenvalue weighted by atomic mass is 9.98. The van der Waals surface area contributed by atoms with Crippen molar-refractivity contribution in [2.75, 3.05) is 0 Å². The lowest BCUT2D eigenvalue weighted by Crippen LogP contribution is -2.08. The van der Waals surface area contributed by atoms with Crippen LogP contribution >= 0.6 is 0 Å². The number of para-hydroxylation sites is 2. The smallest absolute Gasteiger partial charge is 0.164 e. The predicted molar refractivity (Wildman–Crippen MR) is 202 cm³/mol. The summed E-state index contributed by atoms with van der Waals surface area (Å²) in [5, 5.41) is 4.20. The van der Waals surface area contributed by atoms with E-state index in [1.165, 1.54) is 5.56 Å². The molecule has 9 aromatic rings. The van der Waals surface area contributed by atoms with Crippen LogP contribution < -0.4 is 0 Å². The first-order valence-corrected chi connectivity index (χ1v) is 16.9. The molecule has 3 heterocycles. The number of furan rings is 2. The van der Waals surface area contributed by atoms with Crippen LogP contribution in [0, 0.1) is 0 Å². The average molecular weight is 644 g/mol. The first-order chi connectivity index (χ1) is 24.8. The zero-order valence-corrected chi connectivity index (χ0v) is 27.0. The molecule has 0 amide bonds. The van der Waals surface area contributed by atoms with E-state index in [9.17, 15) is 0 Å². The number of nitrogens with zero attached hydrogens (tertiary/aromatic N) is 3. The molecule has 1 aliphatic rings. The van der Waals surface area contributed by atoms with Crippen LogP contribution in [0.1, 0.15) is 18.2 Å². The third-order valence-electron chi connectivity index (χ3n) is 9.67. The third kappa shape index (κ3) is 4.74. The minimum absolute atomic E-state index is 0.0594. The van der Waals surface area contributed by atoms with E-state index in [1.807, 2.05) is 36.4 Å². The van der Waals surface area contributed by atoms with Gasteiger partial charge in [0, 0.05) is 44.2 Å². The fourth-order valence-corrected chi connectivity index (χ4v) is 7.18. The molecule has 0 bridgehead atoms. The van der Waals surface area contributed by atoms with Crippen molar-refractivity contribution >= 4 is 43.9 Å². The molecule has 0 N–H and O–H groups in total. The normalized spacial score (nSPS) is 14.4. The Hall–Kier alpha value is -6.59. The molecule has 50 heavy (non-hydrogen) atoms. The van der Waals surface area contributed by atoms with Crippen LogP contribution in [-0.2, 0) is 0 Å². The van der Waals surface area contributed by atoms with Crippen molar-refractivity contribution in [3.8, 4) is 45.0 Å². The summed E-state index contributed by atoms with van der Waals surface area (Å²) in [5.41, 5.74) is 9.54. The summed E-state index contributed by atoms with van der Waals surface area (Å²) in [5.74, 6) is 2.09. The first-order valence-electron chi connectivity index (χ1n) is 16.9. The summed E-state index contributed by atoms with van der Waals surface area (Å²) in [7, 11) is 0. The Kier molecular flexibility index (Phi) is 6.56. The third-order valence-corrected chi connectivity index (χ3v) is 9.67. The number of rotatable bonds is 5. The molecule has 6 aromatic carbocycles. The quantitative estimate of drug-likeness (QED) is 0.187. The number of hydrogen-bond acceptors (Lipinski definition) is 5. The Bertz CT molecular complexity index is 2790. The molecular formula is C45H29N3O2. The van der Waals surface area contributed by atoms with Crippen LogP contribution in [0.3, 0.4) is 0 Å². The second-order valence-corrected chi connectivity index (χ2v) is 12.7.